The average Bonchev–Trinajstić information content (AvgIpc) is 2.63. The summed E-state index contributed by atoms with van der Waals surface area (Å²) in [4.78, 5) is 2.15. The first-order chi connectivity index (χ1) is 8.81. The van der Waals surface area contributed by atoms with Gasteiger partial charge in [0.1, 0.15) is 5.75 Å². The van der Waals surface area contributed by atoms with Gasteiger partial charge in [-0.3, -0.25) is 0 Å². The third-order valence-electron chi connectivity index (χ3n) is 4.37. The molecular formula is C13H25N2O2S2+. The topological polar surface area (TPSA) is 52.6 Å². The van der Waals surface area contributed by atoms with Gasteiger partial charge in [-0.25, -0.2) is 0 Å². The highest BCUT2D eigenvalue weighted by Gasteiger charge is 2.47. The first-order valence-corrected chi connectivity index (χ1v) is 9.34. The predicted molar refractivity (Wildman–Crippen MR) is 83.8 cm³/mol. The highest BCUT2D eigenvalue weighted by molar-refractivity contribution is 7.98. The van der Waals surface area contributed by atoms with Crippen molar-refractivity contribution in [1.29, 1.82) is 0 Å². The lowest BCUT2D eigenvalue weighted by Gasteiger charge is -2.36. The summed E-state index contributed by atoms with van der Waals surface area (Å²) in [7, 11) is -0.599. The van der Waals surface area contributed by atoms with Crippen LogP contribution in [-0.4, -0.2) is 44.7 Å². The van der Waals surface area contributed by atoms with E-state index in [9.17, 15) is 8.76 Å². The van der Waals surface area contributed by atoms with Crippen LogP contribution in [0.3, 0.4) is 0 Å². The first-order valence-electron chi connectivity index (χ1n) is 7.08. The van der Waals surface area contributed by atoms with Crippen molar-refractivity contribution < 1.29 is 8.76 Å². The molecule has 2 atom stereocenters. The SMILES string of the molecule is CN(C(=S)N[C@@]1(C)CC[S+](=O)(O)C1)C1CCCCC1. The van der Waals surface area contributed by atoms with Crippen LogP contribution in [0.2, 0.25) is 0 Å². The van der Waals surface area contributed by atoms with E-state index in [4.69, 9.17) is 12.2 Å². The lowest BCUT2D eigenvalue weighted by atomic mass is 9.94. The van der Waals surface area contributed by atoms with E-state index in [0.717, 1.165) is 5.11 Å². The number of rotatable bonds is 2. The molecule has 2 aliphatic rings. The van der Waals surface area contributed by atoms with Crippen molar-refractivity contribution in [3.8, 4) is 0 Å². The fourth-order valence-corrected chi connectivity index (χ4v) is 5.63. The Morgan fingerprint density at radius 2 is 2.05 bits per heavy atom. The van der Waals surface area contributed by atoms with Crippen LogP contribution in [0.15, 0.2) is 0 Å². The number of hydrogen-bond donors (Lipinski definition) is 2. The Bertz CT molecular complexity index is 396. The summed E-state index contributed by atoms with van der Waals surface area (Å²) in [5, 5.41) is 4.05. The van der Waals surface area contributed by atoms with E-state index >= 15 is 0 Å². The third-order valence-corrected chi connectivity index (χ3v) is 6.69. The van der Waals surface area contributed by atoms with Crippen LogP contribution in [-0.2, 0) is 14.4 Å². The lowest BCUT2D eigenvalue weighted by molar-refractivity contribution is 0.269. The number of thiocarbonyl (C=S) groups is 1. The fourth-order valence-electron chi connectivity index (χ4n) is 3.11. The largest absolute Gasteiger partial charge is 0.352 e. The quantitative estimate of drug-likeness (QED) is 0.605. The van der Waals surface area contributed by atoms with Gasteiger partial charge in [0.15, 0.2) is 10.9 Å². The highest BCUT2D eigenvalue weighted by Crippen LogP contribution is 2.27. The van der Waals surface area contributed by atoms with Crippen molar-refractivity contribution in [2.45, 2.75) is 57.0 Å². The molecule has 2 rings (SSSR count). The molecule has 1 saturated carbocycles. The molecule has 1 heterocycles. The Morgan fingerprint density at radius 3 is 2.58 bits per heavy atom. The normalized spacial score (nSPS) is 36.2. The predicted octanol–water partition coefficient (Wildman–Crippen LogP) is 2.26. The highest BCUT2D eigenvalue weighted by atomic mass is 32.3. The van der Waals surface area contributed by atoms with Crippen LogP contribution in [0.4, 0.5) is 0 Å². The summed E-state index contributed by atoms with van der Waals surface area (Å²) >= 11 is 5.48. The van der Waals surface area contributed by atoms with Crippen LogP contribution in [0.1, 0.15) is 45.4 Å². The van der Waals surface area contributed by atoms with E-state index in [1.54, 1.807) is 0 Å². The molecule has 1 unspecified atom stereocenters. The second-order valence-corrected chi connectivity index (χ2v) is 8.89. The van der Waals surface area contributed by atoms with Crippen LogP contribution < -0.4 is 5.32 Å². The molecule has 2 fully saturated rings. The van der Waals surface area contributed by atoms with Crippen LogP contribution in [0, 0.1) is 0 Å². The van der Waals surface area contributed by atoms with Gasteiger partial charge in [0.2, 0.25) is 10.2 Å². The van der Waals surface area contributed by atoms with Crippen molar-refractivity contribution in [3.63, 3.8) is 0 Å². The molecule has 0 aromatic rings. The minimum absolute atomic E-state index is 0.304. The molecule has 1 aliphatic carbocycles. The van der Waals surface area contributed by atoms with E-state index in [1.165, 1.54) is 32.1 Å². The summed E-state index contributed by atoms with van der Waals surface area (Å²) in [6.45, 7) is 2.00. The molecule has 0 aromatic heterocycles. The molecule has 0 aromatic carbocycles. The van der Waals surface area contributed by atoms with Crippen molar-refractivity contribution in [1.82, 2.24) is 10.2 Å². The molecule has 1 aliphatic heterocycles. The minimum Gasteiger partial charge on any atom is -0.352 e. The molecular weight excluding hydrogens is 280 g/mol. The van der Waals surface area contributed by atoms with Crippen molar-refractivity contribution in [2.24, 2.45) is 0 Å². The Hall–Kier alpha value is -0.200. The zero-order valence-electron chi connectivity index (χ0n) is 11.9. The van der Waals surface area contributed by atoms with E-state index in [1.807, 2.05) is 14.0 Å². The van der Waals surface area contributed by atoms with Gasteiger partial charge in [0.05, 0.1) is 5.54 Å². The Balaban J connectivity index is 1.91. The van der Waals surface area contributed by atoms with Gasteiger partial charge in [0, 0.05) is 19.5 Å². The van der Waals surface area contributed by atoms with Crippen molar-refractivity contribution in [3.05, 3.63) is 0 Å². The van der Waals surface area contributed by atoms with E-state index in [-0.39, 0.29) is 5.54 Å². The second-order valence-electron chi connectivity index (χ2n) is 6.26. The summed E-state index contributed by atoms with van der Waals surface area (Å²) < 4.78 is 21.4. The van der Waals surface area contributed by atoms with Crippen molar-refractivity contribution in [2.75, 3.05) is 18.6 Å². The van der Waals surface area contributed by atoms with Gasteiger partial charge >= 0.3 is 0 Å². The van der Waals surface area contributed by atoms with Gasteiger partial charge in [-0.1, -0.05) is 23.5 Å². The molecule has 110 valence electrons. The standard InChI is InChI=1S/C13H24N2O2S2/c1-13(8-9-19(16,17)10-13)14-12(18)15(2)11-6-4-3-5-7-11/h11H,3-10H2,1-2H3,(H-,14,16,17,18)/p+1/t13-/m0/s1. The zero-order chi connectivity index (χ0) is 14.1. The van der Waals surface area contributed by atoms with Crippen molar-refractivity contribution >= 4 is 27.5 Å². The maximum Gasteiger partial charge on any atom is 0.216 e. The molecule has 19 heavy (non-hydrogen) atoms. The van der Waals surface area contributed by atoms with E-state index in [0.29, 0.717) is 24.0 Å². The monoisotopic (exact) mass is 305 g/mol. The number of hydrogen-bond acceptors (Lipinski definition) is 2. The van der Waals surface area contributed by atoms with E-state index < -0.39 is 10.2 Å². The van der Waals surface area contributed by atoms with Gasteiger partial charge in [-0.05, 0) is 32.0 Å². The van der Waals surface area contributed by atoms with Crippen LogP contribution in [0.25, 0.3) is 0 Å². The smallest absolute Gasteiger partial charge is 0.216 e. The molecule has 0 amide bonds. The van der Waals surface area contributed by atoms with Gasteiger partial charge < -0.3 is 10.2 Å². The third kappa shape index (κ3) is 3.89. The van der Waals surface area contributed by atoms with Gasteiger partial charge in [-0.2, -0.15) is 4.55 Å². The fraction of sp³-hybridized carbons (Fsp3) is 0.923. The second kappa shape index (κ2) is 5.66. The molecule has 1 saturated heterocycles. The number of nitrogens with one attached hydrogen (secondary N) is 1. The molecule has 0 bridgehead atoms. The summed E-state index contributed by atoms with van der Waals surface area (Å²) in [6.07, 6.45) is 6.99. The maximum absolute atomic E-state index is 11.7. The zero-order valence-corrected chi connectivity index (χ0v) is 13.5. The van der Waals surface area contributed by atoms with Crippen LogP contribution >= 0.6 is 12.2 Å². The molecule has 0 spiro atoms. The summed E-state index contributed by atoms with van der Waals surface area (Å²) in [5.74, 6) is 0.685. The average molecular weight is 305 g/mol. The first kappa shape index (κ1) is 15.2. The Labute approximate surface area is 122 Å². The van der Waals surface area contributed by atoms with Crippen LogP contribution in [0.5, 0.6) is 0 Å². The molecule has 6 heteroatoms. The maximum atomic E-state index is 11.7. The summed E-state index contributed by atoms with van der Waals surface area (Å²) in [5.41, 5.74) is -0.328. The molecule has 2 N–H and O–H groups in total. The lowest BCUT2D eigenvalue weighted by Crippen LogP contribution is -2.54. The Kier molecular flexibility index (Phi) is 4.52. The van der Waals surface area contributed by atoms with Gasteiger partial charge in [-0.15, -0.1) is 0 Å². The minimum atomic E-state index is -2.64. The summed E-state index contributed by atoms with van der Waals surface area (Å²) in [6, 6.07) is 0.525. The number of nitrogens with zero attached hydrogens (tertiary/aromatic N) is 1. The molecule has 4 nitrogen and oxygen atoms in total. The van der Waals surface area contributed by atoms with E-state index in [2.05, 4.69) is 10.2 Å². The molecule has 0 radical (unpaired) electrons. The Morgan fingerprint density at radius 1 is 1.42 bits per heavy atom. The van der Waals surface area contributed by atoms with Gasteiger partial charge in [0.25, 0.3) is 0 Å².